The molecule has 2 nitrogen and oxygen atoms in total. The monoisotopic (exact) mass is 235 g/mol. The van der Waals surface area contributed by atoms with Gasteiger partial charge in [0.05, 0.1) is 5.60 Å². The Balaban J connectivity index is 2.97. The van der Waals surface area contributed by atoms with E-state index in [1.54, 1.807) is 7.11 Å². The molecule has 1 rings (SSSR count). The van der Waals surface area contributed by atoms with Crippen LogP contribution < -0.4 is 5.32 Å². The Morgan fingerprint density at radius 3 is 2.47 bits per heavy atom. The van der Waals surface area contributed by atoms with E-state index < -0.39 is 0 Å². The third kappa shape index (κ3) is 3.83. The number of methoxy groups -OCH3 is 1. The molecule has 0 fully saturated rings. The summed E-state index contributed by atoms with van der Waals surface area (Å²) < 4.78 is 5.52. The predicted molar refractivity (Wildman–Crippen MR) is 73.4 cm³/mol. The van der Waals surface area contributed by atoms with Crippen LogP contribution in [0.25, 0.3) is 0 Å². The molecular formula is C15H25NO. The first-order valence-corrected chi connectivity index (χ1v) is 6.19. The summed E-state index contributed by atoms with van der Waals surface area (Å²) in [6, 6.07) is 6.95. The van der Waals surface area contributed by atoms with E-state index in [1.165, 1.54) is 16.7 Å². The first-order chi connectivity index (χ1) is 7.89. The van der Waals surface area contributed by atoms with E-state index >= 15 is 0 Å². The molecule has 17 heavy (non-hydrogen) atoms. The number of hydrogen-bond donors (Lipinski definition) is 1. The van der Waals surface area contributed by atoms with E-state index in [0.29, 0.717) is 6.04 Å². The quantitative estimate of drug-likeness (QED) is 0.844. The van der Waals surface area contributed by atoms with Gasteiger partial charge in [0.25, 0.3) is 0 Å². The molecule has 1 aromatic carbocycles. The van der Waals surface area contributed by atoms with Gasteiger partial charge in [-0.1, -0.05) is 23.8 Å². The molecule has 0 saturated carbocycles. The van der Waals surface area contributed by atoms with Crippen LogP contribution in [0.15, 0.2) is 18.2 Å². The van der Waals surface area contributed by atoms with Crippen LogP contribution in [0.5, 0.6) is 0 Å². The van der Waals surface area contributed by atoms with Crippen molar-refractivity contribution in [2.75, 3.05) is 14.2 Å². The van der Waals surface area contributed by atoms with E-state index in [9.17, 15) is 0 Å². The molecule has 0 saturated heterocycles. The van der Waals surface area contributed by atoms with Crippen molar-refractivity contribution in [3.8, 4) is 0 Å². The zero-order chi connectivity index (χ0) is 13.1. The smallest absolute Gasteiger partial charge is 0.0640 e. The van der Waals surface area contributed by atoms with E-state index in [-0.39, 0.29) is 5.60 Å². The summed E-state index contributed by atoms with van der Waals surface area (Å²) in [6.45, 7) is 8.56. The van der Waals surface area contributed by atoms with Crippen LogP contribution in [0.4, 0.5) is 0 Å². The molecule has 0 bridgehead atoms. The normalized spacial score (nSPS) is 13.8. The summed E-state index contributed by atoms with van der Waals surface area (Å²) in [4.78, 5) is 0. The van der Waals surface area contributed by atoms with Gasteiger partial charge >= 0.3 is 0 Å². The second-order valence-corrected chi connectivity index (χ2v) is 5.37. The maximum absolute atomic E-state index is 5.52. The maximum atomic E-state index is 5.52. The minimum absolute atomic E-state index is 0.107. The molecular weight excluding hydrogens is 210 g/mol. The molecule has 1 aromatic rings. The van der Waals surface area contributed by atoms with Crippen molar-refractivity contribution in [3.63, 3.8) is 0 Å². The molecule has 0 aliphatic heterocycles. The largest absolute Gasteiger partial charge is 0.379 e. The first kappa shape index (κ1) is 14.2. The fourth-order valence-electron chi connectivity index (χ4n) is 2.08. The standard InChI is InChI=1S/C15H25NO/c1-11-7-8-12(2)13(9-11)14(16-5)10-15(3,4)17-6/h7-9,14,16H,10H2,1-6H3. The van der Waals surface area contributed by atoms with Crippen molar-refractivity contribution in [3.05, 3.63) is 34.9 Å². The topological polar surface area (TPSA) is 21.3 Å². The van der Waals surface area contributed by atoms with Crippen LogP contribution in [-0.2, 0) is 4.74 Å². The lowest BCUT2D eigenvalue weighted by Crippen LogP contribution is -2.30. The minimum atomic E-state index is -0.107. The van der Waals surface area contributed by atoms with Gasteiger partial charge in [-0.25, -0.2) is 0 Å². The van der Waals surface area contributed by atoms with Crippen molar-refractivity contribution in [1.82, 2.24) is 5.32 Å². The Morgan fingerprint density at radius 1 is 1.29 bits per heavy atom. The Bertz CT molecular complexity index is 371. The summed E-state index contributed by atoms with van der Waals surface area (Å²) in [5.41, 5.74) is 3.91. The average molecular weight is 235 g/mol. The van der Waals surface area contributed by atoms with E-state index in [1.807, 2.05) is 7.05 Å². The molecule has 2 heteroatoms. The maximum Gasteiger partial charge on any atom is 0.0640 e. The van der Waals surface area contributed by atoms with E-state index in [2.05, 4.69) is 51.2 Å². The summed E-state index contributed by atoms with van der Waals surface area (Å²) in [7, 11) is 3.79. The highest BCUT2D eigenvalue weighted by Gasteiger charge is 2.23. The Labute approximate surface area is 105 Å². The van der Waals surface area contributed by atoms with E-state index in [0.717, 1.165) is 6.42 Å². The lowest BCUT2D eigenvalue weighted by Gasteiger charge is -2.29. The van der Waals surface area contributed by atoms with Crippen LogP contribution in [0, 0.1) is 13.8 Å². The number of benzene rings is 1. The van der Waals surface area contributed by atoms with Gasteiger partial charge in [0.15, 0.2) is 0 Å². The molecule has 0 amide bonds. The highest BCUT2D eigenvalue weighted by Crippen LogP contribution is 2.28. The number of nitrogens with one attached hydrogen (secondary N) is 1. The lowest BCUT2D eigenvalue weighted by molar-refractivity contribution is 0.00740. The highest BCUT2D eigenvalue weighted by molar-refractivity contribution is 5.33. The molecule has 0 heterocycles. The zero-order valence-corrected chi connectivity index (χ0v) is 11.9. The van der Waals surface area contributed by atoms with Crippen LogP contribution in [0.3, 0.4) is 0 Å². The SMILES string of the molecule is CNC(CC(C)(C)OC)c1cc(C)ccc1C. The van der Waals surface area contributed by atoms with Crippen molar-refractivity contribution < 1.29 is 4.74 Å². The van der Waals surface area contributed by atoms with Crippen molar-refractivity contribution >= 4 is 0 Å². The van der Waals surface area contributed by atoms with Gasteiger partial charge in [-0.05, 0) is 52.3 Å². The molecule has 96 valence electrons. The van der Waals surface area contributed by atoms with Crippen LogP contribution in [0.2, 0.25) is 0 Å². The summed E-state index contributed by atoms with van der Waals surface area (Å²) >= 11 is 0. The number of aryl methyl sites for hydroxylation is 2. The van der Waals surface area contributed by atoms with Gasteiger partial charge in [0, 0.05) is 13.2 Å². The fourth-order valence-corrected chi connectivity index (χ4v) is 2.08. The zero-order valence-electron chi connectivity index (χ0n) is 11.9. The third-order valence-corrected chi connectivity index (χ3v) is 3.41. The van der Waals surface area contributed by atoms with Crippen LogP contribution in [-0.4, -0.2) is 19.8 Å². The summed E-state index contributed by atoms with van der Waals surface area (Å²) in [5, 5.41) is 3.40. The van der Waals surface area contributed by atoms with Crippen molar-refractivity contribution in [2.45, 2.75) is 45.8 Å². The number of hydrogen-bond acceptors (Lipinski definition) is 2. The minimum Gasteiger partial charge on any atom is -0.379 e. The van der Waals surface area contributed by atoms with Crippen LogP contribution >= 0.6 is 0 Å². The molecule has 1 atom stereocenters. The molecule has 1 unspecified atom stereocenters. The second kappa shape index (κ2) is 5.65. The molecule has 0 radical (unpaired) electrons. The predicted octanol–water partition coefficient (Wildman–Crippen LogP) is 3.38. The summed E-state index contributed by atoms with van der Waals surface area (Å²) in [6.07, 6.45) is 0.963. The fraction of sp³-hybridized carbons (Fsp3) is 0.600. The molecule has 0 spiro atoms. The molecule has 1 N–H and O–H groups in total. The van der Waals surface area contributed by atoms with Crippen molar-refractivity contribution in [2.24, 2.45) is 0 Å². The van der Waals surface area contributed by atoms with Gasteiger partial charge in [-0.15, -0.1) is 0 Å². The van der Waals surface area contributed by atoms with Gasteiger partial charge in [-0.3, -0.25) is 0 Å². The van der Waals surface area contributed by atoms with Crippen molar-refractivity contribution in [1.29, 1.82) is 0 Å². The van der Waals surface area contributed by atoms with Gasteiger partial charge in [0.1, 0.15) is 0 Å². The third-order valence-electron chi connectivity index (χ3n) is 3.41. The van der Waals surface area contributed by atoms with Gasteiger partial charge < -0.3 is 10.1 Å². The molecule has 0 aromatic heterocycles. The molecule has 0 aliphatic rings. The second-order valence-electron chi connectivity index (χ2n) is 5.37. The Kier molecular flexibility index (Phi) is 4.72. The average Bonchev–Trinajstić information content (AvgIpc) is 2.29. The Morgan fingerprint density at radius 2 is 1.94 bits per heavy atom. The summed E-state index contributed by atoms with van der Waals surface area (Å²) in [5.74, 6) is 0. The van der Waals surface area contributed by atoms with Crippen LogP contribution in [0.1, 0.15) is 43.0 Å². The molecule has 0 aliphatic carbocycles. The Hall–Kier alpha value is -0.860. The van der Waals surface area contributed by atoms with Gasteiger partial charge in [-0.2, -0.15) is 0 Å². The van der Waals surface area contributed by atoms with E-state index in [4.69, 9.17) is 4.74 Å². The first-order valence-electron chi connectivity index (χ1n) is 6.19. The number of rotatable bonds is 5. The van der Waals surface area contributed by atoms with Gasteiger partial charge in [0.2, 0.25) is 0 Å². The number of ether oxygens (including phenoxy) is 1. The lowest BCUT2D eigenvalue weighted by atomic mass is 9.90. The highest BCUT2D eigenvalue weighted by atomic mass is 16.5.